The summed E-state index contributed by atoms with van der Waals surface area (Å²) in [6.45, 7) is 2.20. The van der Waals surface area contributed by atoms with E-state index in [1.54, 1.807) is 7.11 Å². The van der Waals surface area contributed by atoms with Gasteiger partial charge in [0.2, 0.25) is 5.91 Å². The van der Waals surface area contributed by atoms with Crippen LogP contribution < -0.4 is 5.32 Å². The maximum absolute atomic E-state index is 12.1. The van der Waals surface area contributed by atoms with Crippen LogP contribution in [-0.2, 0) is 9.53 Å². The highest BCUT2D eigenvalue weighted by atomic mass is 16.5. The fourth-order valence-corrected chi connectivity index (χ4v) is 3.36. The summed E-state index contributed by atoms with van der Waals surface area (Å²) in [4.78, 5) is 14.5. The molecule has 0 bridgehead atoms. The fourth-order valence-electron chi connectivity index (χ4n) is 3.36. The fraction of sp³-hybridized carbons (Fsp3) is 0.923. The molecule has 4 nitrogen and oxygen atoms in total. The standard InChI is InChI=1S/C13H22N2O2/c1-17-12-4-2-3-10(6-12)14-13(16)9-5-11-8-15(11)7-9/h9-12H,2-8H2,1H3,(H,14,16)/t9?,10-,11?,12+,15?/m1/s1. The van der Waals surface area contributed by atoms with E-state index in [0.717, 1.165) is 38.3 Å². The summed E-state index contributed by atoms with van der Waals surface area (Å²) in [5, 5.41) is 3.22. The number of hydrogen-bond donors (Lipinski definition) is 1. The highest BCUT2D eigenvalue weighted by Crippen LogP contribution is 2.34. The average Bonchev–Trinajstić information content (AvgIpc) is 2.96. The predicted molar refractivity (Wildman–Crippen MR) is 64.7 cm³/mol. The number of methoxy groups -OCH3 is 1. The number of fused-ring (bicyclic) bond motifs is 1. The SMILES string of the molecule is CO[C@H]1CCC[C@@H](NC(=O)C2CC3CN3C2)C1. The van der Waals surface area contributed by atoms with Gasteiger partial charge < -0.3 is 10.1 Å². The highest BCUT2D eigenvalue weighted by Gasteiger charge is 2.46. The van der Waals surface area contributed by atoms with E-state index in [1.165, 1.54) is 13.0 Å². The van der Waals surface area contributed by atoms with Crippen LogP contribution in [0.1, 0.15) is 32.1 Å². The van der Waals surface area contributed by atoms with Gasteiger partial charge in [0.05, 0.1) is 12.0 Å². The van der Waals surface area contributed by atoms with Gasteiger partial charge in [0.1, 0.15) is 0 Å². The minimum Gasteiger partial charge on any atom is -0.381 e. The molecule has 0 radical (unpaired) electrons. The molecule has 0 spiro atoms. The van der Waals surface area contributed by atoms with Crippen molar-refractivity contribution in [1.82, 2.24) is 10.2 Å². The van der Waals surface area contributed by atoms with E-state index >= 15 is 0 Å². The largest absolute Gasteiger partial charge is 0.381 e. The molecular formula is C13H22N2O2. The molecule has 17 heavy (non-hydrogen) atoms. The van der Waals surface area contributed by atoms with E-state index < -0.39 is 0 Å². The van der Waals surface area contributed by atoms with E-state index in [-0.39, 0.29) is 11.8 Å². The summed E-state index contributed by atoms with van der Waals surface area (Å²) in [7, 11) is 1.77. The van der Waals surface area contributed by atoms with E-state index in [4.69, 9.17) is 4.74 Å². The summed E-state index contributed by atoms with van der Waals surface area (Å²) in [6, 6.07) is 1.07. The van der Waals surface area contributed by atoms with E-state index in [9.17, 15) is 4.79 Å². The number of nitrogens with one attached hydrogen (secondary N) is 1. The van der Waals surface area contributed by atoms with E-state index in [2.05, 4.69) is 10.2 Å². The van der Waals surface area contributed by atoms with Crippen LogP contribution in [-0.4, -0.2) is 49.2 Å². The van der Waals surface area contributed by atoms with Crippen molar-refractivity contribution in [3.8, 4) is 0 Å². The number of hydrogen-bond acceptors (Lipinski definition) is 3. The molecular weight excluding hydrogens is 216 g/mol. The Hall–Kier alpha value is -0.610. The Morgan fingerprint density at radius 2 is 2.18 bits per heavy atom. The average molecular weight is 238 g/mol. The molecule has 5 atom stereocenters. The first kappa shape index (κ1) is 11.5. The van der Waals surface area contributed by atoms with Gasteiger partial charge in [-0.2, -0.15) is 0 Å². The normalized spacial score (nSPS) is 44.2. The molecule has 3 aliphatic rings. The number of carbonyl (C=O) groups is 1. The highest BCUT2D eigenvalue weighted by molar-refractivity contribution is 5.79. The Bertz CT molecular complexity index is 298. The number of rotatable bonds is 3. The zero-order valence-corrected chi connectivity index (χ0v) is 10.5. The first-order chi connectivity index (χ1) is 8.26. The molecule has 0 aromatic carbocycles. The number of amides is 1. The van der Waals surface area contributed by atoms with Gasteiger partial charge in [-0.3, -0.25) is 9.69 Å². The van der Waals surface area contributed by atoms with Crippen LogP contribution in [0.4, 0.5) is 0 Å². The quantitative estimate of drug-likeness (QED) is 0.738. The number of nitrogens with zero attached hydrogens (tertiary/aromatic N) is 1. The minimum atomic E-state index is 0.247. The maximum Gasteiger partial charge on any atom is 0.224 e. The van der Waals surface area contributed by atoms with Crippen molar-refractivity contribution in [2.24, 2.45) is 5.92 Å². The Balaban J connectivity index is 1.47. The van der Waals surface area contributed by atoms with Crippen LogP contribution in [0.25, 0.3) is 0 Å². The molecule has 0 aromatic heterocycles. The zero-order chi connectivity index (χ0) is 11.8. The lowest BCUT2D eigenvalue weighted by atomic mass is 9.92. The lowest BCUT2D eigenvalue weighted by Gasteiger charge is -2.29. The van der Waals surface area contributed by atoms with Crippen molar-refractivity contribution >= 4 is 5.91 Å². The summed E-state index contributed by atoms with van der Waals surface area (Å²) >= 11 is 0. The van der Waals surface area contributed by atoms with Crippen molar-refractivity contribution < 1.29 is 9.53 Å². The predicted octanol–water partition coefficient (Wildman–Crippen LogP) is 0.764. The van der Waals surface area contributed by atoms with Crippen LogP contribution in [0.5, 0.6) is 0 Å². The van der Waals surface area contributed by atoms with Crippen molar-refractivity contribution in [3.63, 3.8) is 0 Å². The van der Waals surface area contributed by atoms with Gasteiger partial charge >= 0.3 is 0 Å². The van der Waals surface area contributed by atoms with Crippen molar-refractivity contribution in [2.75, 3.05) is 20.2 Å². The molecule has 2 saturated heterocycles. The van der Waals surface area contributed by atoms with Gasteiger partial charge in [0, 0.05) is 32.3 Å². The molecule has 96 valence electrons. The van der Waals surface area contributed by atoms with Crippen LogP contribution in [0.15, 0.2) is 0 Å². The van der Waals surface area contributed by atoms with Crippen LogP contribution in [0.2, 0.25) is 0 Å². The third-order valence-electron chi connectivity index (χ3n) is 4.52. The molecule has 2 aliphatic heterocycles. The van der Waals surface area contributed by atoms with Gasteiger partial charge in [-0.05, 0) is 32.1 Å². The second kappa shape index (κ2) is 4.58. The second-order valence-electron chi connectivity index (χ2n) is 5.77. The number of piperidine rings is 1. The van der Waals surface area contributed by atoms with Crippen molar-refractivity contribution in [2.45, 2.75) is 50.3 Å². The topological polar surface area (TPSA) is 41.3 Å². The third-order valence-corrected chi connectivity index (χ3v) is 4.52. The van der Waals surface area contributed by atoms with Gasteiger partial charge in [-0.15, -0.1) is 0 Å². The number of carbonyl (C=O) groups excluding carboxylic acids is 1. The second-order valence-corrected chi connectivity index (χ2v) is 5.77. The van der Waals surface area contributed by atoms with Crippen molar-refractivity contribution in [1.29, 1.82) is 0 Å². The lowest BCUT2D eigenvalue weighted by molar-refractivity contribution is -0.126. The summed E-state index contributed by atoms with van der Waals surface area (Å²) in [5.41, 5.74) is 0. The summed E-state index contributed by atoms with van der Waals surface area (Å²) < 4.78 is 5.39. The first-order valence-electron chi connectivity index (χ1n) is 6.83. The van der Waals surface area contributed by atoms with E-state index in [1.807, 2.05) is 0 Å². The number of ether oxygens (including phenoxy) is 1. The van der Waals surface area contributed by atoms with Gasteiger partial charge in [-0.25, -0.2) is 0 Å². The Morgan fingerprint density at radius 3 is 2.88 bits per heavy atom. The molecule has 0 aromatic rings. The molecule has 1 amide bonds. The van der Waals surface area contributed by atoms with E-state index in [0.29, 0.717) is 12.1 Å². The molecule has 3 unspecified atom stereocenters. The lowest BCUT2D eigenvalue weighted by Crippen LogP contribution is -2.43. The van der Waals surface area contributed by atoms with Crippen LogP contribution in [0, 0.1) is 5.92 Å². The van der Waals surface area contributed by atoms with Crippen LogP contribution in [0.3, 0.4) is 0 Å². The molecule has 1 aliphatic carbocycles. The molecule has 2 heterocycles. The molecule has 4 heteroatoms. The first-order valence-corrected chi connectivity index (χ1v) is 6.83. The smallest absolute Gasteiger partial charge is 0.224 e. The monoisotopic (exact) mass is 238 g/mol. The summed E-state index contributed by atoms with van der Waals surface area (Å²) in [6.07, 6.45) is 5.83. The van der Waals surface area contributed by atoms with Crippen molar-refractivity contribution in [3.05, 3.63) is 0 Å². The van der Waals surface area contributed by atoms with Gasteiger partial charge in [0.25, 0.3) is 0 Å². The van der Waals surface area contributed by atoms with Crippen LogP contribution >= 0.6 is 0 Å². The molecule has 1 saturated carbocycles. The van der Waals surface area contributed by atoms with Gasteiger partial charge in [0.15, 0.2) is 0 Å². The Morgan fingerprint density at radius 1 is 1.29 bits per heavy atom. The maximum atomic E-state index is 12.1. The minimum absolute atomic E-state index is 0.247. The molecule has 3 fully saturated rings. The third kappa shape index (κ3) is 2.47. The van der Waals surface area contributed by atoms with Gasteiger partial charge in [-0.1, -0.05) is 0 Å². The Labute approximate surface area is 103 Å². The zero-order valence-electron chi connectivity index (χ0n) is 10.5. The molecule has 1 N–H and O–H groups in total. The summed E-state index contributed by atoms with van der Waals surface area (Å²) in [5.74, 6) is 0.524. The molecule has 3 rings (SSSR count). The Kier molecular flexibility index (Phi) is 3.09.